The summed E-state index contributed by atoms with van der Waals surface area (Å²) in [6.07, 6.45) is 0. The predicted molar refractivity (Wildman–Crippen MR) is 99.0 cm³/mol. The van der Waals surface area contributed by atoms with Gasteiger partial charge in [0.1, 0.15) is 16.6 Å². The summed E-state index contributed by atoms with van der Waals surface area (Å²) in [6, 6.07) is 6.31. The summed E-state index contributed by atoms with van der Waals surface area (Å²) in [7, 11) is 4.61. The van der Waals surface area contributed by atoms with Crippen LogP contribution in [-0.4, -0.2) is 42.0 Å². The Kier molecular flexibility index (Phi) is 6.21. The van der Waals surface area contributed by atoms with Crippen molar-refractivity contribution in [1.29, 1.82) is 0 Å². The third-order valence-electron chi connectivity index (χ3n) is 3.50. The second-order valence-electron chi connectivity index (χ2n) is 5.28. The topological polar surface area (TPSA) is 63.6 Å². The maximum atomic E-state index is 12.5. The molecule has 0 bridgehead atoms. The summed E-state index contributed by atoms with van der Waals surface area (Å²) in [5.74, 6) is -0.319. The van der Waals surface area contributed by atoms with Crippen LogP contribution in [0.2, 0.25) is 15.2 Å². The third kappa shape index (κ3) is 4.39. The molecule has 0 aliphatic carbocycles. The number of halogens is 3. The van der Waals surface area contributed by atoms with Gasteiger partial charge in [0.05, 0.1) is 24.4 Å². The lowest BCUT2D eigenvalue weighted by atomic mass is 10.3. The van der Waals surface area contributed by atoms with Gasteiger partial charge in [-0.1, -0.05) is 34.8 Å². The zero-order valence-electron chi connectivity index (χ0n) is 13.8. The van der Waals surface area contributed by atoms with E-state index in [0.29, 0.717) is 16.5 Å². The molecule has 25 heavy (non-hydrogen) atoms. The van der Waals surface area contributed by atoms with Crippen LogP contribution in [0.15, 0.2) is 24.3 Å². The van der Waals surface area contributed by atoms with Crippen molar-refractivity contribution in [3.8, 4) is 5.75 Å². The molecule has 0 saturated heterocycles. The number of hydrogen-bond acceptors (Lipinski definition) is 3. The number of nitrogens with zero attached hydrogens (tertiary/aromatic N) is 2. The number of carbonyl (C=O) groups excluding carboxylic acids is 2. The first kappa shape index (κ1) is 19.4. The second-order valence-corrected chi connectivity index (χ2v) is 6.48. The van der Waals surface area contributed by atoms with Gasteiger partial charge in [-0.2, -0.15) is 0 Å². The smallest absolute Gasteiger partial charge is 0.270 e. The first-order chi connectivity index (χ1) is 11.7. The molecule has 0 fully saturated rings. The Bertz CT molecular complexity index is 820. The number of carbonyl (C=O) groups is 2. The highest BCUT2D eigenvalue weighted by molar-refractivity contribution is 6.42. The largest absolute Gasteiger partial charge is 0.495 e. The lowest BCUT2D eigenvalue weighted by Gasteiger charge is -2.18. The average molecular weight is 405 g/mol. The van der Waals surface area contributed by atoms with Gasteiger partial charge in [-0.05, 0) is 24.3 Å². The van der Waals surface area contributed by atoms with Crippen molar-refractivity contribution in [1.82, 2.24) is 9.47 Å². The van der Waals surface area contributed by atoms with Gasteiger partial charge in [-0.3, -0.25) is 9.59 Å². The standard InChI is InChI=1S/C16H16Cl3N3O3/c1-21(16(24)12-7-10(18)15(19)22(12)2)8-14(23)20-11-6-9(17)4-5-13(11)25-3/h4-7H,8H2,1-3H3,(H,20,23). The summed E-state index contributed by atoms with van der Waals surface area (Å²) in [5.41, 5.74) is 0.705. The quantitative estimate of drug-likeness (QED) is 0.826. The van der Waals surface area contributed by atoms with Gasteiger partial charge in [0.25, 0.3) is 5.91 Å². The second kappa shape index (κ2) is 7.99. The Morgan fingerprint density at radius 2 is 1.92 bits per heavy atom. The lowest BCUT2D eigenvalue weighted by Crippen LogP contribution is -2.35. The average Bonchev–Trinajstić information content (AvgIpc) is 2.81. The van der Waals surface area contributed by atoms with E-state index in [1.807, 2.05) is 0 Å². The zero-order valence-corrected chi connectivity index (χ0v) is 16.0. The summed E-state index contributed by atoms with van der Waals surface area (Å²) >= 11 is 17.8. The molecule has 1 aromatic carbocycles. The van der Waals surface area contributed by atoms with E-state index in [2.05, 4.69) is 5.32 Å². The molecule has 2 aromatic rings. The monoisotopic (exact) mass is 403 g/mol. The molecule has 0 spiro atoms. The summed E-state index contributed by atoms with van der Waals surface area (Å²) < 4.78 is 6.63. The summed E-state index contributed by atoms with van der Waals surface area (Å²) in [4.78, 5) is 25.9. The van der Waals surface area contributed by atoms with E-state index < -0.39 is 5.91 Å². The van der Waals surface area contributed by atoms with Crippen LogP contribution in [0.3, 0.4) is 0 Å². The van der Waals surface area contributed by atoms with Gasteiger partial charge in [-0.25, -0.2) is 0 Å². The number of benzene rings is 1. The third-order valence-corrected chi connectivity index (χ3v) is 4.58. The number of likely N-dealkylation sites (N-methyl/N-ethyl adjacent to an activating group) is 1. The van der Waals surface area contributed by atoms with E-state index in [1.165, 1.54) is 29.7 Å². The van der Waals surface area contributed by atoms with E-state index in [0.717, 1.165) is 0 Å². The van der Waals surface area contributed by atoms with Crippen molar-refractivity contribution in [2.45, 2.75) is 0 Å². The molecule has 9 heteroatoms. The van der Waals surface area contributed by atoms with Gasteiger partial charge in [0, 0.05) is 19.1 Å². The van der Waals surface area contributed by atoms with Gasteiger partial charge in [-0.15, -0.1) is 0 Å². The fraction of sp³-hybridized carbons (Fsp3) is 0.250. The van der Waals surface area contributed by atoms with Gasteiger partial charge in [0.15, 0.2) is 0 Å². The Hall–Kier alpha value is -1.89. The summed E-state index contributed by atoms with van der Waals surface area (Å²) in [5, 5.41) is 3.65. The molecule has 1 N–H and O–H groups in total. The number of nitrogens with one attached hydrogen (secondary N) is 1. The molecule has 1 heterocycles. The SMILES string of the molecule is COc1ccc(Cl)cc1NC(=O)CN(C)C(=O)c1cc(Cl)c(Cl)n1C. The minimum absolute atomic E-state index is 0.172. The number of ether oxygens (including phenoxy) is 1. The molecule has 2 amide bonds. The van der Waals surface area contributed by atoms with E-state index >= 15 is 0 Å². The van der Waals surface area contributed by atoms with Crippen molar-refractivity contribution in [3.63, 3.8) is 0 Å². The number of aromatic nitrogens is 1. The number of anilines is 1. The molecule has 0 saturated carbocycles. The number of amides is 2. The number of methoxy groups -OCH3 is 1. The van der Waals surface area contributed by atoms with Gasteiger partial charge in [0.2, 0.25) is 5.91 Å². The minimum atomic E-state index is -0.400. The predicted octanol–water partition coefficient (Wildman–Crippen LogP) is 3.70. The maximum absolute atomic E-state index is 12.5. The van der Waals surface area contributed by atoms with Gasteiger partial charge >= 0.3 is 0 Å². The van der Waals surface area contributed by atoms with Crippen molar-refractivity contribution < 1.29 is 14.3 Å². The molecule has 134 valence electrons. The van der Waals surface area contributed by atoms with Crippen molar-refractivity contribution in [2.75, 3.05) is 26.0 Å². The zero-order chi connectivity index (χ0) is 18.7. The molecule has 0 aliphatic rings. The van der Waals surface area contributed by atoms with Crippen LogP contribution in [0, 0.1) is 0 Å². The summed E-state index contributed by atoms with van der Waals surface area (Å²) in [6.45, 7) is -0.172. The molecule has 1 aromatic heterocycles. The Labute approximate surface area is 160 Å². The van der Waals surface area contributed by atoms with Crippen molar-refractivity contribution >= 4 is 52.3 Å². The molecule has 6 nitrogen and oxygen atoms in total. The highest BCUT2D eigenvalue weighted by Crippen LogP contribution is 2.28. The number of hydrogen-bond donors (Lipinski definition) is 1. The molecule has 2 rings (SSSR count). The number of rotatable bonds is 5. The lowest BCUT2D eigenvalue weighted by molar-refractivity contribution is -0.116. The Balaban J connectivity index is 2.08. The molecule has 0 unspecified atom stereocenters. The first-order valence-electron chi connectivity index (χ1n) is 7.14. The molecule has 0 aliphatic heterocycles. The van der Waals surface area contributed by atoms with Crippen LogP contribution in [0.4, 0.5) is 5.69 Å². The normalized spacial score (nSPS) is 10.5. The molecule has 0 atom stereocenters. The first-order valence-corrected chi connectivity index (χ1v) is 8.27. The van der Waals surface area contributed by atoms with Crippen LogP contribution in [0.1, 0.15) is 10.5 Å². The van der Waals surface area contributed by atoms with Crippen LogP contribution >= 0.6 is 34.8 Å². The highest BCUT2D eigenvalue weighted by Gasteiger charge is 2.21. The van der Waals surface area contributed by atoms with Crippen LogP contribution in [-0.2, 0) is 11.8 Å². The Morgan fingerprint density at radius 3 is 2.48 bits per heavy atom. The van der Waals surface area contributed by atoms with Crippen molar-refractivity contribution in [3.05, 3.63) is 45.2 Å². The molecular weight excluding hydrogens is 389 g/mol. The van der Waals surface area contributed by atoms with Crippen LogP contribution in [0.5, 0.6) is 5.75 Å². The molecule has 0 radical (unpaired) electrons. The Morgan fingerprint density at radius 1 is 1.24 bits per heavy atom. The van der Waals surface area contributed by atoms with E-state index in [9.17, 15) is 9.59 Å². The fourth-order valence-corrected chi connectivity index (χ4v) is 2.75. The molecular formula is C16H16Cl3N3O3. The van der Waals surface area contributed by atoms with Crippen LogP contribution in [0.25, 0.3) is 0 Å². The minimum Gasteiger partial charge on any atom is -0.495 e. The van der Waals surface area contributed by atoms with E-state index in [-0.39, 0.29) is 28.3 Å². The van der Waals surface area contributed by atoms with Gasteiger partial charge < -0.3 is 19.5 Å². The fourth-order valence-electron chi connectivity index (χ4n) is 2.20. The van der Waals surface area contributed by atoms with E-state index in [4.69, 9.17) is 39.5 Å². The van der Waals surface area contributed by atoms with E-state index in [1.54, 1.807) is 25.2 Å². The van der Waals surface area contributed by atoms with Crippen LogP contribution < -0.4 is 10.1 Å². The highest BCUT2D eigenvalue weighted by atomic mass is 35.5. The maximum Gasteiger partial charge on any atom is 0.270 e. The van der Waals surface area contributed by atoms with Crippen molar-refractivity contribution in [2.24, 2.45) is 7.05 Å².